The summed E-state index contributed by atoms with van der Waals surface area (Å²) in [4.78, 5) is 23.3. The van der Waals surface area contributed by atoms with Crippen molar-refractivity contribution in [2.45, 2.75) is 17.8 Å². The van der Waals surface area contributed by atoms with Gasteiger partial charge in [0.25, 0.3) is 0 Å². The van der Waals surface area contributed by atoms with Gasteiger partial charge in [-0.1, -0.05) is 30.3 Å². The van der Waals surface area contributed by atoms with Crippen LogP contribution < -0.4 is 10.6 Å². The maximum absolute atomic E-state index is 11.9. The molecule has 0 bridgehead atoms. The molecule has 2 amide bonds. The number of nitrogens with one attached hydrogen (secondary N) is 2. The summed E-state index contributed by atoms with van der Waals surface area (Å²) < 4.78 is 0. The zero-order valence-electron chi connectivity index (χ0n) is 10.3. The zero-order chi connectivity index (χ0) is 13.7. The number of halogens is 1. The quantitative estimate of drug-likeness (QED) is 0.612. The normalized spacial score (nSPS) is 21.4. The molecule has 0 radical (unpaired) electrons. The fraction of sp³-hybridized carbons (Fsp3) is 0.385. The van der Waals surface area contributed by atoms with E-state index in [-0.39, 0.29) is 23.6 Å². The highest BCUT2D eigenvalue weighted by atomic mass is 35.5. The number of amides is 2. The third-order valence-corrected chi connectivity index (χ3v) is 4.37. The summed E-state index contributed by atoms with van der Waals surface area (Å²) in [7, 11) is 0. The Morgan fingerprint density at radius 1 is 1.37 bits per heavy atom. The number of carbonyl (C=O) groups excluding carboxylic acids is 2. The molecule has 0 spiro atoms. The van der Waals surface area contributed by atoms with Crippen molar-refractivity contribution >= 4 is 35.2 Å². The van der Waals surface area contributed by atoms with E-state index in [2.05, 4.69) is 10.6 Å². The van der Waals surface area contributed by atoms with E-state index < -0.39 is 6.04 Å². The molecule has 19 heavy (non-hydrogen) atoms. The van der Waals surface area contributed by atoms with Gasteiger partial charge in [-0.25, -0.2) is 0 Å². The smallest absolute Gasteiger partial charge is 0.246 e. The molecule has 2 rings (SSSR count). The van der Waals surface area contributed by atoms with Gasteiger partial charge in [-0.15, -0.1) is 23.4 Å². The molecular formula is C13H15ClN2O2S. The first-order valence-corrected chi connectivity index (χ1v) is 7.60. The largest absolute Gasteiger partial charge is 0.341 e. The molecule has 1 aromatic rings. The van der Waals surface area contributed by atoms with Gasteiger partial charge in [0.1, 0.15) is 11.4 Å². The number of alkyl halides is 1. The number of thioether (sulfide) groups is 1. The van der Waals surface area contributed by atoms with Crippen LogP contribution in [0.3, 0.4) is 0 Å². The van der Waals surface area contributed by atoms with Gasteiger partial charge in [0.05, 0.1) is 6.42 Å². The van der Waals surface area contributed by atoms with Crippen LogP contribution in [-0.4, -0.2) is 34.9 Å². The van der Waals surface area contributed by atoms with Crippen LogP contribution in [0.15, 0.2) is 30.3 Å². The van der Waals surface area contributed by atoms with Crippen LogP contribution in [0.25, 0.3) is 0 Å². The second-order valence-corrected chi connectivity index (χ2v) is 5.82. The molecule has 2 atom stereocenters. The third-order valence-electron chi connectivity index (χ3n) is 2.77. The van der Waals surface area contributed by atoms with E-state index in [9.17, 15) is 9.59 Å². The topological polar surface area (TPSA) is 58.2 Å². The number of hydrogen-bond acceptors (Lipinski definition) is 3. The molecule has 1 aromatic carbocycles. The monoisotopic (exact) mass is 298 g/mol. The van der Waals surface area contributed by atoms with Gasteiger partial charge >= 0.3 is 0 Å². The second kappa shape index (κ2) is 6.82. The Hall–Kier alpha value is -1.20. The summed E-state index contributed by atoms with van der Waals surface area (Å²) in [6.45, 7) is 0. The molecule has 6 heteroatoms. The van der Waals surface area contributed by atoms with Crippen molar-refractivity contribution in [1.82, 2.24) is 10.6 Å². The van der Waals surface area contributed by atoms with Crippen LogP contribution in [0.5, 0.6) is 0 Å². The fourth-order valence-electron chi connectivity index (χ4n) is 1.81. The van der Waals surface area contributed by atoms with E-state index in [0.717, 1.165) is 11.3 Å². The molecule has 0 aliphatic carbocycles. The maximum atomic E-state index is 11.9. The van der Waals surface area contributed by atoms with Gasteiger partial charge < -0.3 is 10.6 Å². The molecule has 102 valence electrons. The van der Waals surface area contributed by atoms with E-state index in [1.807, 2.05) is 30.3 Å². The Balaban J connectivity index is 1.83. The molecule has 1 heterocycles. The van der Waals surface area contributed by atoms with Crippen molar-refractivity contribution in [2.75, 3.05) is 11.6 Å². The van der Waals surface area contributed by atoms with E-state index in [1.54, 1.807) is 11.8 Å². The highest BCUT2D eigenvalue weighted by Crippen LogP contribution is 2.20. The summed E-state index contributed by atoms with van der Waals surface area (Å²) in [6.07, 6.45) is 0.289. The van der Waals surface area contributed by atoms with Gasteiger partial charge in [0, 0.05) is 11.6 Å². The lowest BCUT2D eigenvalue weighted by Gasteiger charge is -2.36. The summed E-state index contributed by atoms with van der Waals surface area (Å²) in [5.41, 5.74) is 0.935. The molecule has 0 aromatic heterocycles. The van der Waals surface area contributed by atoms with Gasteiger partial charge in [-0.3, -0.25) is 9.59 Å². The van der Waals surface area contributed by atoms with Gasteiger partial charge in [0.2, 0.25) is 11.8 Å². The van der Waals surface area contributed by atoms with Crippen molar-refractivity contribution in [3.05, 3.63) is 35.9 Å². The van der Waals surface area contributed by atoms with Gasteiger partial charge in [-0.05, 0) is 5.56 Å². The Bertz CT molecular complexity index is 455. The van der Waals surface area contributed by atoms with Crippen LogP contribution in [0, 0.1) is 0 Å². The van der Waals surface area contributed by atoms with Crippen LogP contribution in [0.2, 0.25) is 0 Å². The molecule has 1 saturated heterocycles. The lowest BCUT2D eigenvalue weighted by Crippen LogP contribution is -2.67. The number of rotatable bonds is 6. The van der Waals surface area contributed by atoms with E-state index in [4.69, 9.17) is 11.6 Å². The number of benzene rings is 1. The Morgan fingerprint density at radius 2 is 2.11 bits per heavy atom. The van der Waals surface area contributed by atoms with Gasteiger partial charge in [0.15, 0.2) is 0 Å². The molecule has 0 saturated carbocycles. The van der Waals surface area contributed by atoms with Gasteiger partial charge in [-0.2, -0.15) is 0 Å². The minimum atomic E-state index is -0.440. The van der Waals surface area contributed by atoms with Crippen molar-refractivity contribution in [2.24, 2.45) is 0 Å². The molecular weight excluding hydrogens is 284 g/mol. The average Bonchev–Trinajstić information content (AvgIpc) is 2.42. The van der Waals surface area contributed by atoms with Crippen molar-refractivity contribution < 1.29 is 9.59 Å². The Kier molecular flexibility index (Phi) is 5.10. The first-order valence-electron chi connectivity index (χ1n) is 6.02. The van der Waals surface area contributed by atoms with Crippen LogP contribution >= 0.6 is 23.4 Å². The average molecular weight is 299 g/mol. The predicted molar refractivity (Wildman–Crippen MR) is 77.2 cm³/mol. The molecule has 1 aliphatic heterocycles. The lowest BCUT2D eigenvalue weighted by atomic mass is 10.1. The minimum absolute atomic E-state index is 0.0639. The van der Waals surface area contributed by atoms with Crippen molar-refractivity contribution in [3.63, 3.8) is 0 Å². The summed E-state index contributed by atoms with van der Waals surface area (Å²) in [5, 5.41) is 5.44. The number of carbonyl (C=O) groups is 2. The number of hydrogen-bond donors (Lipinski definition) is 2. The zero-order valence-corrected chi connectivity index (χ0v) is 11.8. The van der Waals surface area contributed by atoms with Crippen LogP contribution in [-0.2, 0) is 16.0 Å². The Labute approximate surface area is 121 Å². The first-order chi connectivity index (χ1) is 9.20. The van der Waals surface area contributed by atoms with Crippen molar-refractivity contribution in [1.29, 1.82) is 0 Å². The first kappa shape index (κ1) is 14.2. The summed E-state index contributed by atoms with van der Waals surface area (Å²) >= 11 is 7.15. The van der Waals surface area contributed by atoms with E-state index in [0.29, 0.717) is 5.88 Å². The molecule has 2 N–H and O–H groups in total. The highest BCUT2D eigenvalue weighted by Gasteiger charge is 2.40. The molecule has 4 nitrogen and oxygen atoms in total. The highest BCUT2D eigenvalue weighted by molar-refractivity contribution is 8.00. The number of β-lactam (4-membered cyclic amide) rings is 1. The summed E-state index contributed by atoms with van der Waals surface area (Å²) in [5.74, 6) is 1.01. The standard InChI is InChI=1S/C13H15ClN2O2S/c14-6-7-19-13-11(12(18)16-13)15-10(17)8-9-4-2-1-3-5-9/h1-5,11,13H,6-8H2,(H,15,17)(H,16,18). The lowest BCUT2D eigenvalue weighted by molar-refractivity contribution is -0.134. The minimum Gasteiger partial charge on any atom is -0.341 e. The Morgan fingerprint density at radius 3 is 2.74 bits per heavy atom. The molecule has 1 fully saturated rings. The second-order valence-electron chi connectivity index (χ2n) is 4.20. The maximum Gasteiger partial charge on any atom is 0.246 e. The van der Waals surface area contributed by atoms with Crippen LogP contribution in [0.1, 0.15) is 5.56 Å². The van der Waals surface area contributed by atoms with E-state index in [1.165, 1.54) is 0 Å². The van der Waals surface area contributed by atoms with Crippen molar-refractivity contribution in [3.8, 4) is 0 Å². The third kappa shape index (κ3) is 3.88. The predicted octanol–water partition coefficient (Wildman–Crippen LogP) is 1.14. The SMILES string of the molecule is O=C(Cc1ccccc1)NC1C(=O)NC1SCCCl. The van der Waals surface area contributed by atoms with Crippen LogP contribution in [0.4, 0.5) is 0 Å². The fourth-order valence-corrected chi connectivity index (χ4v) is 3.00. The van der Waals surface area contributed by atoms with E-state index >= 15 is 0 Å². The molecule has 1 aliphatic rings. The summed E-state index contributed by atoms with van der Waals surface area (Å²) in [6, 6.07) is 9.01. The molecule has 2 unspecified atom stereocenters.